The number of nitrogens with zero attached hydrogens (tertiary/aromatic N) is 5. The number of fused-ring (bicyclic) bond motifs is 3. The molecule has 1 amide bonds. The van der Waals surface area contributed by atoms with E-state index in [-0.39, 0.29) is 18.2 Å². The minimum Gasteiger partial charge on any atom is -0.481 e. The van der Waals surface area contributed by atoms with Crippen molar-refractivity contribution in [1.82, 2.24) is 24.5 Å². The molecule has 0 bridgehead atoms. The smallest absolute Gasteiger partial charge is 0.237 e. The second kappa shape index (κ2) is 15.3. The minimum absolute atomic E-state index is 0.000308. The normalized spacial score (nSPS) is 22.8. The summed E-state index contributed by atoms with van der Waals surface area (Å²) in [4.78, 5) is 27.1. The van der Waals surface area contributed by atoms with Gasteiger partial charge in [0.2, 0.25) is 33.6 Å². The third kappa shape index (κ3) is 7.01. The van der Waals surface area contributed by atoms with Gasteiger partial charge in [0, 0.05) is 49.4 Å². The van der Waals surface area contributed by atoms with Gasteiger partial charge in [-0.3, -0.25) is 19.3 Å². The number of pyridine rings is 1. The Kier molecular flexibility index (Phi) is 9.90. The maximum atomic E-state index is 13.0. The van der Waals surface area contributed by atoms with Crippen molar-refractivity contribution in [2.45, 2.75) is 88.3 Å². The molecular weight excluding hydrogens is 781 g/mol. The monoisotopic (exact) mass is 828 g/mol. The molecule has 0 radical (unpaired) electrons. The van der Waals surface area contributed by atoms with Gasteiger partial charge in [0.25, 0.3) is 0 Å². The number of aliphatic hydroxyl groups is 1. The number of nitrogens with one attached hydrogen (secondary N) is 1. The summed E-state index contributed by atoms with van der Waals surface area (Å²) < 4.78 is 45.9. The standard InChI is InChI=1S/C46H48N6O7S/c1-26-31(33-7-4-8-36-34(33)13-15-41(36)58-42-16-9-28(45(49-42)57-2)23-51-19-18-29(53)25-51)5-3-6-32(26)46-48-39-21-37-35(38(22-47)43(39)59-46)12-14-40(37)52-20-17-27(24-52)44(54)50-60(55,56)30-10-11-30/h3-9,16,21,27,29-30,40-41,53H,10-15,17-20,23-25H2,1-2H3,(H,50,54)/t27-,29-,40-,41+/m1/s1. The average Bonchev–Trinajstić information content (AvgIpc) is 3.65. The number of carbonyl (C=O) groups excluding carboxylic acids is 1. The van der Waals surface area contributed by atoms with Crippen LogP contribution in [0.15, 0.2) is 59.0 Å². The van der Waals surface area contributed by atoms with Crippen LogP contribution < -0.4 is 14.2 Å². The first-order chi connectivity index (χ1) is 29.1. The van der Waals surface area contributed by atoms with Crippen LogP contribution in [0.25, 0.3) is 33.7 Å². The van der Waals surface area contributed by atoms with E-state index in [0.29, 0.717) is 86.2 Å². The summed E-state index contributed by atoms with van der Waals surface area (Å²) in [6.07, 6.45) is 5.27. The largest absolute Gasteiger partial charge is 0.481 e. The Balaban J connectivity index is 0.891. The second-order valence-electron chi connectivity index (χ2n) is 17.0. The Hall–Kier alpha value is -5.33. The molecule has 4 heterocycles. The number of amides is 1. The van der Waals surface area contributed by atoms with Crippen LogP contribution in [0, 0.1) is 24.2 Å². The highest BCUT2D eigenvalue weighted by molar-refractivity contribution is 7.90. The number of sulfonamides is 1. The highest BCUT2D eigenvalue weighted by atomic mass is 32.2. The van der Waals surface area contributed by atoms with E-state index >= 15 is 0 Å². The van der Waals surface area contributed by atoms with Gasteiger partial charge in [-0.25, -0.2) is 13.4 Å². The van der Waals surface area contributed by atoms with Gasteiger partial charge in [0.1, 0.15) is 23.3 Å². The van der Waals surface area contributed by atoms with Crippen LogP contribution in [-0.4, -0.2) is 83.8 Å². The fourth-order valence-corrected chi connectivity index (χ4v) is 11.4. The Labute approximate surface area is 349 Å². The lowest BCUT2D eigenvalue weighted by molar-refractivity contribution is -0.122. The Morgan fingerprint density at radius 2 is 1.75 bits per heavy atom. The van der Waals surface area contributed by atoms with Gasteiger partial charge in [-0.15, -0.1) is 0 Å². The van der Waals surface area contributed by atoms with Crippen LogP contribution in [0.5, 0.6) is 11.8 Å². The van der Waals surface area contributed by atoms with Gasteiger partial charge in [-0.05, 0) is 122 Å². The van der Waals surface area contributed by atoms with E-state index in [0.717, 1.165) is 76.7 Å². The van der Waals surface area contributed by atoms with Crippen LogP contribution in [-0.2, 0) is 34.2 Å². The quantitative estimate of drug-likeness (QED) is 0.153. The summed E-state index contributed by atoms with van der Waals surface area (Å²) in [6.45, 7) is 5.37. The number of likely N-dealkylation sites (tertiary alicyclic amines) is 2. The predicted molar refractivity (Wildman–Crippen MR) is 224 cm³/mol. The van der Waals surface area contributed by atoms with Crippen molar-refractivity contribution in [2.75, 3.05) is 33.3 Å². The fourth-order valence-electron chi connectivity index (χ4n) is 10.0. The summed E-state index contributed by atoms with van der Waals surface area (Å²) in [5, 5.41) is 20.0. The van der Waals surface area contributed by atoms with Crippen LogP contribution in [0.2, 0.25) is 0 Å². The first-order valence-corrected chi connectivity index (χ1v) is 22.6. The molecule has 2 N–H and O–H groups in total. The van der Waals surface area contributed by atoms with E-state index in [1.54, 1.807) is 7.11 Å². The van der Waals surface area contributed by atoms with Gasteiger partial charge in [0.15, 0.2) is 5.58 Å². The zero-order valence-electron chi connectivity index (χ0n) is 33.8. The Morgan fingerprint density at radius 3 is 2.53 bits per heavy atom. The molecular formula is C46H48N6O7S. The maximum absolute atomic E-state index is 13.0. The molecule has 1 saturated carbocycles. The number of aromatic nitrogens is 2. The molecule has 10 rings (SSSR count). The maximum Gasteiger partial charge on any atom is 0.237 e. The molecule has 3 fully saturated rings. The summed E-state index contributed by atoms with van der Waals surface area (Å²) >= 11 is 0. The number of hydrogen-bond acceptors (Lipinski definition) is 12. The fraction of sp³-hybridized carbons (Fsp3) is 0.435. The van der Waals surface area contributed by atoms with Crippen molar-refractivity contribution < 1.29 is 32.2 Å². The van der Waals surface area contributed by atoms with Crippen LogP contribution >= 0.6 is 0 Å². The van der Waals surface area contributed by atoms with Crippen molar-refractivity contribution in [1.29, 1.82) is 5.26 Å². The van der Waals surface area contributed by atoms with E-state index in [1.807, 2.05) is 30.3 Å². The molecule has 310 valence electrons. The summed E-state index contributed by atoms with van der Waals surface area (Å²) in [5.41, 5.74) is 11.0. The van der Waals surface area contributed by atoms with Gasteiger partial charge in [-0.2, -0.15) is 10.2 Å². The number of aliphatic hydroxyl groups excluding tert-OH is 1. The third-order valence-electron chi connectivity index (χ3n) is 13.3. The van der Waals surface area contributed by atoms with E-state index in [1.165, 1.54) is 5.56 Å². The SMILES string of the molecule is COc1nc(O[C@H]2CCc3c(-c4cccc(-c5nc6cc7c(c(C#N)c6o5)CC[C@H]7N5CC[C@@H](C(=O)NS(=O)(=O)C6CC6)C5)c4C)cccc32)ccc1CN1CC[C@@H](O)C1. The zero-order chi connectivity index (χ0) is 41.3. The lowest BCUT2D eigenvalue weighted by atomic mass is 9.91. The number of rotatable bonds is 11. The molecule has 14 heteroatoms. The van der Waals surface area contributed by atoms with Crippen molar-refractivity contribution in [3.63, 3.8) is 0 Å². The van der Waals surface area contributed by atoms with Gasteiger partial charge >= 0.3 is 0 Å². The van der Waals surface area contributed by atoms with Crippen molar-refractivity contribution >= 4 is 27.0 Å². The molecule has 13 nitrogen and oxygen atoms in total. The number of β-amino-alcohol motifs (C(OH)–C–C–N with tert-alkyl or cyclic N) is 1. The summed E-state index contributed by atoms with van der Waals surface area (Å²) in [6, 6.07) is 20.9. The summed E-state index contributed by atoms with van der Waals surface area (Å²) in [7, 11) is -1.98. The molecule has 4 atom stereocenters. The summed E-state index contributed by atoms with van der Waals surface area (Å²) in [5.74, 6) is 0.677. The number of nitriles is 1. The molecule has 5 aliphatic rings. The highest BCUT2D eigenvalue weighted by Gasteiger charge is 2.41. The third-order valence-corrected chi connectivity index (χ3v) is 15.1. The lowest BCUT2D eigenvalue weighted by Crippen LogP contribution is -2.38. The topological polar surface area (TPSA) is 171 Å². The number of oxazole rings is 1. The molecule has 3 aliphatic carbocycles. The molecule has 0 unspecified atom stereocenters. The van der Waals surface area contributed by atoms with Gasteiger partial charge in [0.05, 0.1) is 24.4 Å². The predicted octanol–water partition coefficient (Wildman–Crippen LogP) is 6.30. The molecule has 2 aliphatic heterocycles. The van der Waals surface area contributed by atoms with E-state index in [4.69, 9.17) is 23.9 Å². The Bertz CT molecular complexity index is 2690. The van der Waals surface area contributed by atoms with Crippen molar-refractivity contribution in [3.05, 3.63) is 93.5 Å². The van der Waals surface area contributed by atoms with Crippen molar-refractivity contribution in [3.8, 4) is 40.4 Å². The number of methoxy groups -OCH3 is 1. The zero-order valence-corrected chi connectivity index (χ0v) is 34.6. The average molecular weight is 829 g/mol. The minimum atomic E-state index is -3.60. The van der Waals surface area contributed by atoms with Crippen LogP contribution in [0.1, 0.15) is 89.6 Å². The molecule has 0 spiro atoms. The van der Waals surface area contributed by atoms with Crippen molar-refractivity contribution in [2.24, 2.45) is 5.92 Å². The highest BCUT2D eigenvalue weighted by Crippen LogP contribution is 2.45. The number of hydrogen-bond donors (Lipinski definition) is 2. The number of ether oxygens (including phenoxy) is 2. The molecule has 60 heavy (non-hydrogen) atoms. The first-order valence-electron chi connectivity index (χ1n) is 21.1. The number of carbonyl (C=O) groups is 1. The van der Waals surface area contributed by atoms with E-state index in [2.05, 4.69) is 51.8 Å². The van der Waals surface area contributed by atoms with E-state index in [9.17, 15) is 23.6 Å². The van der Waals surface area contributed by atoms with Gasteiger partial charge in [-0.1, -0.05) is 30.3 Å². The number of benzene rings is 3. The van der Waals surface area contributed by atoms with Crippen LogP contribution in [0.3, 0.4) is 0 Å². The van der Waals surface area contributed by atoms with E-state index < -0.39 is 27.1 Å². The second-order valence-corrected chi connectivity index (χ2v) is 19.0. The Morgan fingerprint density at radius 1 is 0.950 bits per heavy atom. The molecule has 5 aromatic rings. The van der Waals surface area contributed by atoms with Crippen LogP contribution in [0.4, 0.5) is 0 Å². The first kappa shape index (κ1) is 38.8. The molecule has 2 aromatic heterocycles. The lowest BCUT2D eigenvalue weighted by Gasteiger charge is -2.24. The molecule has 3 aromatic carbocycles. The molecule has 2 saturated heterocycles. The van der Waals surface area contributed by atoms with Gasteiger partial charge < -0.3 is 19.0 Å².